The third-order valence-electron chi connectivity index (χ3n) is 4.25. The summed E-state index contributed by atoms with van der Waals surface area (Å²) in [6.45, 7) is 0.409. The van der Waals surface area contributed by atoms with Crippen LogP contribution in [0.3, 0.4) is 0 Å². The predicted molar refractivity (Wildman–Crippen MR) is 125 cm³/mol. The summed E-state index contributed by atoms with van der Waals surface area (Å²) in [5.41, 5.74) is 2.95. The van der Waals surface area contributed by atoms with Crippen LogP contribution >= 0.6 is 39.0 Å². The largest absolute Gasteiger partial charge is 0.281 e. The molecule has 0 fully saturated rings. The number of carbonyl (C=O) groups excluding carboxylic acids is 1. The summed E-state index contributed by atoms with van der Waals surface area (Å²) >= 11 is 6.64. The molecule has 0 saturated carbocycles. The second-order valence-electron chi connectivity index (χ2n) is 6.39. The van der Waals surface area contributed by atoms with E-state index in [1.165, 1.54) is 16.9 Å². The number of anilines is 1. The Bertz CT molecular complexity index is 1100. The summed E-state index contributed by atoms with van der Waals surface area (Å²) in [5, 5.41) is 0.703. The van der Waals surface area contributed by atoms with Crippen molar-refractivity contribution in [2.75, 3.05) is 10.7 Å². The monoisotopic (exact) mass is 483 g/mol. The molecule has 0 N–H and O–H groups in total. The Labute approximate surface area is 186 Å². The van der Waals surface area contributed by atoms with E-state index in [-0.39, 0.29) is 5.91 Å². The number of hydrogen-bond acceptors (Lipinski definition) is 5. The van der Waals surface area contributed by atoms with Crippen molar-refractivity contribution in [3.05, 3.63) is 88.7 Å². The van der Waals surface area contributed by atoms with Gasteiger partial charge in [0.15, 0.2) is 5.13 Å². The number of thioether (sulfide) groups is 1. The summed E-state index contributed by atoms with van der Waals surface area (Å²) in [5.74, 6) is 1.23. The molecule has 0 aliphatic carbocycles. The molecule has 2 heterocycles. The molecule has 0 radical (unpaired) electrons. The van der Waals surface area contributed by atoms with Gasteiger partial charge in [-0.1, -0.05) is 63.7 Å². The molecular weight excluding hydrogens is 466 g/mol. The van der Waals surface area contributed by atoms with Crippen LogP contribution in [0.1, 0.15) is 11.3 Å². The number of thiazole rings is 1. The van der Waals surface area contributed by atoms with E-state index in [0.717, 1.165) is 26.1 Å². The van der Waals surface area contributed by atoms with Gasteiger partial charge in [0.2, 0.25) is 5.91 Å². The Morgan fingerprint density at radius 2 is 1.90 bits per heavy atom. The van der Waals surface area contributed by atoms with Crippen LogP contribution in [0.4, 0.5) is 5.13 Å². The molecule has 0 aliphatic heterocycles. The van der Waals surface area contributed by atoms with Gasteiger partial charge < -0.3 is 0 Å². The van der Waals surface area contributed by atoms with Crippen molar-refractivity contribution in [3.8, 4) is 0 Å². The standard InChI is InChI=1S/C22H18BrN3OS2/c23-17-9-10-19-20(12-17)29-22(25-19)26(13-18-8-4-5-11-24-18)21(27)15-28-14-16-6-2-1-3-7-16/h1-12H,13-15H2. The van der Waals surface area contributed by atoms with Gasteiger partial charge in [-0.3, -0.25) is 14.7 Å². The molecule has 4 nitrogen and oxygen atoms in total. The number of halogens is 1. The van der Waals surface area contributed by atoms with Crippen LogP contribution < -0.4 is 4.90 Å². The first-order chi connectivity index (χ1) is 14.2. The van der Waals surface area contributed by atoms with E-state index in [0.29, 0.717) is 17.4 Å². The maximum atomic E-state index is 13.1. The second kappa shape index (κ2) is 9.52. The normalized spacial score (nSPS) is 10.9. The topological polar surface area (TPSA) is 46.1 Å². The van der Waals surface area contributed by atoms with Crippen LogP contribution in [0.25, 0.3) is 10.2 Å². The van der Waals surface area contributed by atoms with Crippen molar-refractivity contribution in [2.45, 2.75) is 12.3 Å². The van der Waals surface area contributed by atoms with Crippen LogP contribution in [0, 0.1) is 0 Å². The zero-order valence-electron chi connectivity index (χ0n) is 15.5. The minimum absolute atomic E-state index is 0.0368. The SMILES string of the molecule is O=C(CSCc1ccccc1)N(Cc1ccccn1)c1nc2ccc(Br)cc2s1. The van der Waals surface area contributed by atoms with Gasteiger partial charge >= 0.3 is 0 Å². The van der Waals surface area contributed by atoms with E-state index >= 15 is 0 Å². The Balaban J connectivity index is 1.54. The van der Waals surface area contributed by atoms with Gasteiger partial charge in [0, 0.05) is 16.4 Å². The van der Waals surface area contributed by atoms with E-state index in [4.69, 9.17) is 4.98 Å². The van der Waals surface area contributed by atoms with E-state index < -0.39 is 0 Å². The molecular formula is C22H18BrN3OS2. The van der Waals surface area contributed by atoms with Gasteiger partial charge in [-0.15, -0.1) is 11.8 Å². The molecule has 0 bridgehead atoms. The number of amides is 1. The highest BCUT2D eigenvalue weighted by molar-refractivity contribution is 9.10. The van der Waals surface area contributed by atoms with E-state index in [1.54, 1.807) is 22.9 Å². The number of rotatable bonds is 7. The minimum Gasteiger partial charge on any atom is -0.281 e. The summed E-state index contributed by atoms with van der Waals surface area (Å²) in [6, 6.07) is 21.9. The highest BCUT2D eigenvalue weighted by Crippen LogP contribution is 2.32. The van der Waals surface area contributed by atoms with Crippen LogP contribution in [0.15, 0.2) is 77.4 Å². The van der Waals surface area contributed by atoms with Crippen molar-refractivity contribution in [2.24, 2.45) is 0 Å². The fourth-order valence-corrected chi connectivity index (χ4v) is 5.22. The summed E-state index contributed by atoms with van der Waals surface area (Å²) in [7, 11) is 0. The molecule has 0 saturated heterocycles. The Kier molecular flexibility index (Phi) is 6.59. The number of hydrogen-bond donors (Lipinski definition) is 0. The molecule has 0 spiro atoms. The fraction of sp³-hybridized carbons (Fsp3) is 0.136. The van der Waals surface area contributed by atoms with Gasteiger partial charge in [-0.25, -0.2) is 4.98 Å². The van der Waals surface area contributed by atoms with Crippen molar-refractivity contribution < 1.29 is 4.79 Å². The number of pyridine rings is 1. The van der Waals surface area contributed by atoms with Gasteiger partial charge in [0.25, 0.3) is 0 Å². The number of fused-ring (bicyclic) bond motifs is 1. The third-order valence-corrected chi connectivity index (χ3v) is 6.78. The fourth-order valence-electron chi connectivity index (χ4n) is 2.83. The third kappa shape index (κ3) is 5.23. The van der Waals surface area contributed by atoms with Crippen LogP contribution in [-0.2, 0) is 17.1 Å². The van der Waals surface area contributed by atoms with Crippen molar-refractivity contribution >= 4 is 60.3 Å². The first-order valence-corrected chi connectivity index (χ1v) is 11.8. The number of nitrogens with zero attached hydrogens (tertiary/aromatic N) is 3. The first-order valence-electron chi connectivity index (χ1n) is 9.07. The van der Waals surface area contributed by atoms with Crippen molar-refractivity contribution in [1.29, 1.82) is 0 Å². The van der Waals surface area contributed by atoms with Gasteiger partial charge in [-0.2, -0.15) is 0 Å². The van der Waals surface area contributed by atoms with Gasteiger partial charge in [0.1, 0.15) is 0 Å². The molecule has 146 valence electrons. The first kappa shape index (κ1) is 20.1. The average Bonchev–Trinajstić information content (AvgIpc) is 3.16. The smallest absolute Gasteiger partial charge is 0.239 e. The summed E-state index contributed by atoms with van der Waals surface area (Å²) in [4.78, 5) is 24.0. The lowest BCUT2D eigenvalue weighted by molar-refractivity contribution is -0.116. The maximum Gasteiger partial charge on any atom is 0.239 e. The quantitative estimate of drug-likeness (QED) is 0.327. The maximum absolute atomic E-state index is 13.1. The van der Waals surface area contributed by atoms with Crippen LogP contribution in [0.2, 0.25) is 0 Å². The Morgan fingerprint density at radius 1 is 1.07 bits per heavy atom. The molecule has 0 atom stereocenters. The molecule has 0 aliphatic rings. The van der Waals surface area contributed by atoms with Crippen LogP contribution in [-0.4, -0.2) is 21.6 Å². The lowest BCUT2D eigenvalue weighted by atomic mass is 10.2. The van der Waals surface area contributed by atoms with Gasteiger partial charge in [0.05, 0.1) is 28.2 Å². The van der Waals surface area contributed by atoms with Crippen molar-refractivity contribution in [1.82, 2.24) is 9.97 Å². The average molecular weight is 484 g/mol. The van der Waals surface area contributed by atoms with E-state index in [2.05, 4.69) is 33.0 Å². The number of aromatic nitrogens is 2. The lowest BCUT2D eigenvalue weighted by Gasteiger charge is -2.19. The van der Waals surface area contributed by atoms with Crippen LogP contribution in [0.5, 0.6) is 0 Å². The second-order valence-corrected chi connectivity index (χ2v) is 9.30. The number of carbonyl (C=O) groups is 1. The molecule has 4 aromatic rings. The molecule has 0 unspecified atom stereocenters. The van der Waals surface area contributed by atoms with E-state index in [9.17, 15) is 4.79 Å². The highest BCUT2D eigenvalue weighted by atomic mass is 79.9. The minimum atomic E-state index is 0.0368. The Morgan fingerprint density at radius 3 is 2.69 bits per heavy atom. The number of benzene rings is 2. The lowest BCUT2D eigenvalue weighted by Crippen LogP contribution is -2.32. The summed E-state index contributed by atoms with van der Waals surface area (Å²) in [6.07, 6.45) is 1.75. The predicted octanol–water partition coefficient (Wildman–Crippen LogP) is 5.92. The Hall–Kier alpha value is -2.22. The summed E-state index contributed by atoms with van der Waals surface area (Å²) < 4.78 is 2.05. The molecule has 1 amide bonds. The molecule has 4 rings (SSSR count). The van der Waals surface area contributed by atoms with Gasteiger partial charge in [-0.05, 0) is 35.9 Å². The van der Waals surface area contributed by atoms with E-state index in [1.807, 2.05) is 54.6 Å². The highest BCUT2D eigenvalue weighted by Gasteiger charge is 2.20. The van der Waals surface area contributed by atoms with Crippen molar-refractivity contribution in [3.63, 3.8) is 0 Å². The zero-order chi connectivity index (χ0) is 20.1. The molecule has 2 aromatic heterocycles. The molecule has 29 heavy (non-hydrogen) atoms. The zero-order valence-corrected chi connectivity index (χ0v) is 18.7. The molecule has 7 heteroatoms. The molecule has 2 aromatic carbocycles.